The van der Waals surface area contributed by atoms with Gasteiger partial charge in [0.2, 0.25) is 11.6 Å². The van der Waals surface area contributed by atoms with E-state index in [-0.39, 0.29) is 18.8 Å². The van der Waals surface area contributed by atoms with Gasteiger partial charge in [-0.25, -0.2) is 0 Å². The first-order valence-corrected chi connectivity index (χ1v) is 8.61. The molecule has 2 aromatic carbocycles. The Hall–Kier alpha value is -3.28. The van der Waals surface area contributed by atoms with Crippen LogP contribution in [0.4, 0.5) is 0 Å². The number of ether oxygens (including phenoxy) is 1. The molecule has 0 spiro atoms. The molecule has 0 atom stereocenters. The number of carbonyl (C=O) groups is 4. The van der Waals surface area contributed by atoms with Crippen LogP contribution in [0, 0.1) is 0 Å². The highest BCUT2D eigenvalue weighted by molar-refractivity contribution is 6.44. The van der Waals surface area contributed by atoms with Crippen molar-refractivity contribution in [3.8, 4) is 0 Å². The van der Waals surface area contributed by atoms with Crippen LogP contribution in [0.3, 0.4) is 0 Å². The molecule has 0 bridgehead atoms. The summed E-state index contributed by atoms with van der Waals surface area (Å²) in [6.45, 7) is 2.73. The molecule has 0 aliphatic rings. The molecule has 138 valence electrons. The lowest BCUT2D eigenvalue weighted by molar-refractivity contribution is -0.139. The number of rotatable bonds is 7. The summed E-state index contributed by atoms with van der Waals surface area (Å²) >= 11 is 0. The van der Waals surface area contributed by atoms with E-state index in [2.05, 4.69) is 0 Å². The minimum atomic E-state index is -0.532. The summed E-state index contributed by atoms with van der Waals surface area (Å²) in [5.41, 5.74) is 1.76. The lowest BCUT2D eigenvalue weighted by Crippen LogP contribution is -2.13. The van der Waals surface area contributed by atoms with Gasteiger partial charge in [0.25, 0.3) is 0 Å². The molecule has 6 heteroatoms. The highest BCUT2D eigenvalue weighted by atomic mass is 16.5. The Labute approximate surface area is 155 Å². The molecule has 0 unspecified atom stereocenters. The average Bonchev–Trinajstić information content (AvgIpc) is 3.02. The quantitative estimate of drug-likeness (QED) is 0.358. The number of benzene rings is 2. The van der Waals surface area contributed by atoms with Crippen molar-refractivity contribution in [2.75, 3.05) is 6.61 Å². The van der Waals surface area contributed by atoms with E-state index in [0.29, 0.717) is 39.5 Å². The fraction of sp³-hybridized carbons (Fsp3) is 0.238. The summed E-state index contributed by atoms with van der Waals surface area (Å²) in [7, 11) is 0. The fourth-order valence-electron chi connectivity index (χ4n) is 2.84. The van der Waals surface area contributed by atoms with Crippen LogP contribution in [-0.4, -0.2) is 29.9 Å². The maximum absolute atomic E-state index is 12.3. The van der Waals surface area contributed by atoms with Gasteiger partial charge in [-0.05, 0) is 42.8 Å². The van der Waals surface area contributed by atoms with Gasteiger partial charge >= 0.3 is 5.97 Å². The highest BCUT2D eigenvalue weighted by Gasteiger charge is 2.18. The maximum atomic E-state index is 12.3. The molecule has 27 heavy (non-hydrogen) atoms. The van der Waals surface area contributed by atoms with Gasteiger partial charge in [-0.1, -0.05) is 6.92 Å². The number of hydrogen-bond acceptors (Lipinski definition) is 6. The molecule has 0 amide bonds. The number of ketones is 3. The van der Waals surface area contributed by atoms with Crippen molar-refractivity contribution < 1.29 is 28.3 Å². The van der Waals surface area contributed by atoms with Crippen molar-refractivity contribution in [2.45, 2.75) is 26.7 Å². The molecule has 0 aliphatic carbocycles. The molecule has 1 aromatic heterocycles. The summed E-state index contributed by atoms with van der Waals surface area (Å²) in [6, 6.07) is 9.69. The van der Waals surface area contributed by atoms with Gasteiger partial charge < -0.3 is 9.15 Å². The van der Waals surface area contributed by atoms with Gasteiger partial charge in [0, 0.05) is 35.2 Å². The van der Waals surface area contributed by atoms with E-state index in [4.69, 9.17) is 9.15 Å². The summed E-state index contributed by atoms with van der Waals surface area (Å²) < 4.78 is 10.5. The Morgan fingerprint density at radius 3 is 2.11 bits per heavy atom. The second kappa shape index (κ2) is 7.53. The van der Waals surface area contributed by atoms with E-state index in [0.717, 1.165) is 0 Å². The van der Waals surface area contributed by atoms with E-state index in [1.165, 1.54) is 6.92 Å². The van der Waals surface area contributed by atoms with Crippen molar-refractivity contribution >= 4 is 45.3 Å². The van der Waals surface area contributed by atoms with Crippen molar-refractivity contribution in [3.63, 3.8) is 0 Å². The molecule has 0 fully saturated rings. The number of hydrogen-bond donors (Lipinski definition) is 0. The first kappa shape index (κ1) is 18.5. The summed E-state index contributed by atoms with van der Waals surface area (Å²) in [5.74, 6) is -1.83. The van der Waals surface area contributed by atoms with Crippen LogP contribution in [-0.2, 0) is 14.3 Å². The number of carbonyl (C=O) groups excluding carboxylic acids is 4. The number of Topliss-reactive ketones (excluding diaryl/α,β-unsaturated/α-hetero) is 3. The van der Waals surface area contributed by atoms with Gasteiger partial charge in [0.05, 0.1) is 0 Å². The third kappa shape index (κ3) is 3.79. The Kier molecular flexibility index (Phi) is 5.16. The molecule has 1 heterocycles. The first-order chi connectivity index (χ1) is 12.9. The molecule has 0 radical (unpaired) electrons. The summed E-state index contributed by atoms with van der Waals surface area (Å²) in [5, 5.41) is 1.29. The van der Waals surface area contributed by atoms with Crippen LogP contribution in [0.1, 0.15) is 47.4 Å². The minimum absolute atomic E-state index is 0.206. The highest BCUT2D eigenvalue weighted by Crippen LogP contribution is 2.30. The number of esters is 1. The molecule has 3 aromatic rings. The lowest BCUT2D eigenvalue weighted by Gasteiger charge is -2.02. The second-order valence-corrected chi connectivity index (χ2v) is 6.23. The summed E-state index contributed by atoms with van der Waals surface area (Å²) in [4.78, 5) is 47.2. The van der Waals surface area contributed by atoms with Gasteiger partial charge in [-0.2, -0.15) is 0 Å². The SMILES string of the molecule is CCCC(=O)C(=O)c1ccc2oc3ccc(C(=O)COC(C)=O)cc3c2c1. The predicted molar refractivity (Wildman–Crippen MR) is 98.9 cm³/mol. The Bertz CT molecular complexity index is 1070. The average molecular weight is 366 g/mol. The zero-order chi connectivity index (χ0) is 19.6. The molecule has 0 aliphatic heterocycles. The Morgan fingerprint density at radius 1 is 0.926 bits per heavy atom. The van der Waals surface area contributed by atoms with Crippen LogP contribution >= 0.6 is 0 Å². The topological polar surface area (TPSA) is 90.7 Å². The molecule has 3 rings (SSSR count). The van der Waals surface area contributed by atoms with Crippen molar-refractivity contribution in [1.82, 2.24) is 0 Å². The van der Waals surface area contributed by atoms with Gasteiger partial charge in [-0.15, -0.1) is 0 Å². The largest absolute Gasteiger partial charge is 0.457 e. The van der Waals surface area contributed by atoms with Crippen LogP contribution in [0.15, 0.2) is 40.8 Å². The van der Waals surface area contributed by atoms with E-state index in [9.17, 15) is 19.2 Å². The van der Waals surface area contributed by atoms with E-state index in [1.54, 1.807) is 36.4 Å². The standard InChI is InChI=1S/C21H18O6/c1-3-4-17(23)21(25)14-6-8-20-16(10-14)15-9-13(5-7-19(15)27-20)18(24)11-26-12(2)22/h5-10H,3-4,11H2,1-2H3. The van der Waals surface area contributed by atoms with Crippen molar-refractivity contribution in [1.29, 1.82) is 0 Å². The lowest BCUT2D eigenvalue weighted by atomic mass is 10.0. The summed E-state index contributed by atoms with van der Waals surface area (Å²) in [6.07, 6.45) is 0.813. The third-order valence-corrected chi connectivity index (χ3v) is 4.19. The monoisotopic (exact) mass is 366 g/mol. The predicted octanol–water partition coefficient (Wildman–Crippen LogP) is 3.88. The third-order valence-electron chi connectivity index (χ3n) is 4.19. The number of fused-ring (bicyclic) bond motifs is 3. The van der Waals surface area contributed by atoms with Crippen molar-refractivity contribution in [2.24, 2.45) is 0 Å². The van der Waals surface area contributed by atoms with Gasteiger partial charge in [0.15, 0.2) is 12.4 Å². The normalized spacial score (nSPS) is 10.9. The first-order valence-electron chi connectivity index (χ1n) is 8.61. The molecule has 6 nitrogen and oxygen atoms in total. The fourth-order valence-corrected chi connectivity index (χ4v) is 2.84. The second-order valence-electron chi connectivity index (χ2n) is 6.23. The number of furan rings is 1. The van der Waals surface area contributed by atoms with E-state index >= 15 is 0 Å². The molecular weight excluding hydrogens is 348 g/mol. The van der Waals surface area contributed by atoms with Crippen LogP contribution in [0.25, 0.3) is 21.9 Å². The maximum Gasteiger partial charge on any atom is 0.303 e. The van der Waals surface area contributed by atoms with Crippen LogP contribution in [0.2, 0.25) is 0 Å². The van der Waals surface area contributed by atoms with Gasteiger partial charge in [0.1, 0.15) is 11.2 Å². The van der Waals surface area contributed by atoms with Crippen molar-refractivity contribution in [3.05, 3.63) is 47.5 Å². The van der Waals surface area contributed by atoms with E-state index < -0.39 is 17.5 Å². The molecule has 0 saturated carbocycles. The Balaban J connectivity index is 2.01. The van der Waals surface area contributed by atoms with E-state index in [1.807, 2.05) is 6.92 Å². The Morgan fingerprint density at radius 2 is 1.52 bits per heavy atom. The zero-order valence-corrected chi connectivity index (χ0v) is 15.0. The van der Waals surface area contributed by atoms with Crippen LogP contribution in [0.5, 0.6) is 0 Å². The van der Waals surface area contributed by atoms with Gasteiger partial charge in [-0.3, -0.25) is 19.2 Å². The molecule has 0 N–H and O–H groups in total. The zero-order valence-electron chi connectivity index (χ0n) is 15.0. The minimum Gasteiger partial charge on any atom is -0.457 e. The molecule has 0 saturated heterocycles. The van der Waals surface area contributed by atoms with Crippen LogP contribution < -0.4 is 0 Å². The molecular formula is C21H18O6. The smallest absolute Gasteiger partial charge is 0.303 e.